The number of nitrogens with two attached hydrogens (primary N) is 1. The quantitative estimate of drug-likeness (QED) is 0.775. The lowest BCUT2D eigenvalue weighted by molar-refractivity contribution is 0.265. The van der Waals surface area contributed by atoms with Gasteiger partial charge in [0.15, 0.2) is 0 Å². The number of furan rings is 1. The minimum Gasteiger partial charge on any atom is -0.467 e. The van der Waals surface area contributed by atoms with E-state index in [-0.39, 0.29) is 6.04 Å². The molecule has 13 heavy (non-hydrogen) atoms. The molecule has 2 nitrogen and oxygen atoms in total. The van der Waals surface area contributed by atoms with Crippen molar-refractivity contribution >= 4 is 0 Å². The summed E-state index contributed by atoms with van der Waals surface area (Å²) >= 11 is 0. The molecule has 0 aliphatic heterocycles. The van der Waals surface area contributed by atoms with E-state index in [1.165, 1.54) is 24.8 Å². The summed E-state index contributed by atoms with van der Waals surface area (Å²) in [6.45, 7) is 2.06. The summed E-state index contributed by atoms with van der Waals surface area (Å²) in [6, 6.07) is 2.09. The van der Waals surface area contributed by atoms with Gasteiger partial charge in [0, 0.05) is 0 Å². The average Bonchev–Trinajstić information content (AvgIpc) is 2.43. The highest BCUT2D eigenvalue weighted by Crippen LogP contribution is 2.34. The molecule has 1 fully saturated rings. The van der Waals surface area contributed by atoms with E-state index < -0.39 is 0 Å². The normalized spacial score (nSPS) is 19.8. The first-order chi connectivity index (χ1) is 6.27. The maximum absolute atomic E-state index is 6.06. The van der Waals surface area contributed by atoms with E-state index in [2.05, 4.69) is 6.92 Å². The van der Waals surface area contributed by atoms with Gasteiger partial charge in [-0.05, 0) is 30.9 Å². The lowest BCUT2D eigenvalue weighted by atomic mass is 9.80. The van der Waals surface area contributed by atoms with Gasteiger partial charge in [-0.1, -0.05) is 19.3 Å². The minimum absolute atomic E-state index is 0.111. The molecule has 1 saturated carbocycles. The third-order valence-corrected chi connectivity index (χ3v) is 3.05. The molecule has 1 atom stereocenters. The molecule has 1 heterocycles. The number of rotatable bonds is 3. The lowest BCUT2D eigenvalue weighted by Gasteiger charge is -2.27. The van der Waals surface area contributed by atoms with Gasteiger partial charge in [0.1, 0.15) is 5.76 Å². The lowest BCUT2D eigenvalue weighted by Crippen LogP contribution is -2.20. The molecular weight excluding hydrogens is 162 g/mol. The Bertz CT molecular complexity index is 275. The van der Waals surface area contributed by atoms with Crippen molar-refractivity contribution in [2.75, 3.05) is 0 Å². The Labute approximate surface area is 79.1 Å². The van der Waals surface area contributed by atoms with Crippen molar-refractivity contribution in [3.63, 3.8) is 0 Å². The third kappa shape index (κ3) is 1.78. The molecule has 1 unspecified atom stereocenters. The zero-order chi connectivity index (χ0) is 9.26. The van der Waals surface area contributed by atoms with E-state index in [9.17, 15) is 0 Å². The molecule has 1 aromatic heterocycles. The van der Waals surface area contributed by atoms with E-state index in [4.69, 9.17) is 10.2 Å². The fourth-order valence-electron chi connectivity index (χ4n) is 1.96. The van der Waals surface area contributed by atoms with Crippen LogP contribution in [0.25, 0.3) is 0 Å². The van der Waals surface area contributed by atoms with Crippen LogP contribution in [-0.2, 0) is 0 Å². The van der Waals surface area contributed by atoms with E-state index in [0.29, 0.717) is 0 Å². The van der Waals surface area contributed by atoms with Gasteiger partial charge in [-0.2, -0.15) is 0 Å². The van der Waals surface area contributed by atoms with Gasteiger partial charge in [0.05, 0.1) is 12.3 Å². The Hall–Kier alpha value is -0.760. The standard InChI is InChI=1S/C11H17NO/c1-8-5-6-13-11(8)10(12)7-9-3-2-4-9/h5-6,9-10H,2-4,7,12H2,1H3. The summed E-state index contributed by atoms with van der Waals surface area (Å²) in [5.74, 6) is 1.83. The highest BCUT2D eigenvalue weighted by atomic mass is 16.3. The number of hydrogen-bond acceptors (Lipinski definition) is 2. The van der Waals surface area contributed by atoms with Crippen molar-refractivity contribution in [2.24, 2.45) is 11.7 Å². The fourth-order valence-corrected chi connectivity index (χ4v) is 1.96. The van der Waals surface area contributed by atoms with E-state index in [0.717, 1.165) is 18.1 Å². The second-order valence-electron chi connectivity index (χ2n) is 4.11. The van der Waals surface area contributed by atoms with Crippen molar-refractivity contribution in [3.8, 4) is 0 Å². The van der Waals surface area contributed by atoms with Crippen LogP contribution in [0.1, 0.15) is 43.0 Å². The van der Waals surface area contributed by atoms with Crippen LogP contribution in [0.2, 0.25) is 0 Å². The van der Waals surface area contributed by atoms with Crippen molar-refractivity contribution < 1.29 is 4.42 Å². The summed E-state index contributed by atoms with van der Waals surface area (Å²) in [5.41, 5.74) is 7.24. The summed E-state index contributed by atoms with van der Waals surface area (Å²) in [4.78, 5) is 0. The molecule has 2 heteroatoms. The first-order valence-corrected chi connectivity index (χ1v) is 5.07. The Kier molecular flexibility index (Phi) is 2.40. The maximum Gasteiger partial charge on any atom is 0.123 e. The number of hydrogen-bond donors (Lipinski definition) is 1. The Morgan fingerprint density at radius 3 is 2.85 bits per heavy atom. The maximum atomic E-state index is 6.06. The van der Waals surface area contributed by atoms with E-state index in [1.54, 1.807) is 6.26 Å². The van der Waals surface area contributed by atoms with E-state index in [1.807, 2.05) is 6.07 Å². The summed E-state index contributed by atoms with van der Waals surface area (Å²) in [5, 5.41) is 0. The molecule has 0 amide bonds. The summed E-state index contributed by atoms with van der Waals surface area (Å²) < 4.78 is 5.37. The Morgan fingerprint density at radius 2 is 2.38 bits per heavy atom. The molecule has 2 N–H and O–H groups in total. The number of aryl methyl sites for hydroxylation is 1. The van der Waals surface area contributed by atoms with Crippen molar-refractivity contribution in [1.82, 2.24) is 0 Å². The summed E-state index contributed by atoms with van der Waals surface area (Å²) in [7, 11) is 0. The average molecular weight is 179 g/mol. The van der Waals surface area contributed by atoms with Gasteiger partial charge >= 0.3 is 0 Å². The predicted octanol–water partition coefficient (Wildman–Crippen LogP) is 2.78. The minimum atomic E-state index is 0.111. The SMILES string of the molecule is Cc1ccoc1C(N)CC1CCC1. The van der Waals surface area contributed by atoms with Crippen molar-refractivity contribution in [1.29, 1.82) is 0 Å². The van der Waals surface area contributed by atoms with Crippen LogP contribution in [0.4, 0.5) is 0 Å². The smallest absolute Gasteiger partial charge is 0.123 e. The molecule has 1 aromatic rings. The fraction of sp³-hybridized carbons (Fsp3) is 0.636. The van der Waals surface area contributed by atoms with Crippen LogP contribution >= 0.6 is 0 Å². The highest BCUT2D eigenvalue weighted by molar-refractivity contribution is 5.17. The molecule has 0 spiro atoms. The summed E-state index contributed by atoms with van der Waals surface area (Å²) in [6.07, 6.45) is 6.91. The van der Waals surface area contributed by atoms with Gasteiger partial charge in [-0.25, -0.2) is 0 Å². The van der Waals surface area contributed by atoms with Crippen LogP contribution in [0.3, 0.4) is 0 Å². The van der Waals surface area contributed by atoms with Crippen molar-refractivity contribution in [3.05, 3.63) is 23.7 Å². The van der Waals surface area contributed by atoms with Crippen LogP contribution in [0, 0.1) is 12.8 Å². The molecule has 0 saturated heterocycles. The van der Waals surface area contributed by atoms with Gasteiger partial charge in [0.25, 0.3) is 0 Å². The monoisotopic (exact) mass is 179 g/mol. The first-order valence-electron chi connectivity index (χ1n) is 5.07. The second kappa shape index (κ2) is 3.54. The van der Waals surface area contributed by atoms with Crippen LogP contribution in [-0.4, -0.2) is 0 Å². The molecular formula is C11H17NO. The van der Waals surface area contributed by atoms with Gasteiger partial charge in [-0.3, -0.25) is 0 Å². The largest absolute Gasteiger partial charge is 0.467 e. The molecule has 0 aromatic carbocycles. The molecule has 1 aliphatic rings. The van der Waals surface area contributed by atoms with Crippen LogP contribution in [0.15, 0.2) is 16.7 Å². The first kappa shape index (κ1) is 8.82. The predicted molar refractivity (Wildman–Crippen MR) is 52.3 cm³/mol. The zero-order valence-corrected chi connectivity index (χ0v) is 8.12. The topological polar surface area (TPSA) is 39.2 Å². The second-order valence-corrected chi connectivity index (χ2v) is 4.11. The molecule has 0 radical (unpaired) electrons. The zero-order valence-electron chi connectivity index (χ0n) is 8.12. The Morgan fingerprint density at radius 1 is 1.62 bits per heavy atom. The Balaban J connectivity index is 1.96. The van der Waals surface area contributed by atoms with E-state index >= 15 is 0 Å². The molecule has 0 bridgehead atoms. The van der Waals surface area contributed by atoms with Crippen LogP contribution in [0.5, 0.6) is 0 Å². The van der Waals surface area contributed by atoms with Gasteiger partial charge < -0.3 is 10.2 Å². The molecule has 1 aliphatic carbocycles. The molecule has 72 valence electrons. The van der Waals surface area contributed by atoms with Gasteiger partial charge in [0.2, 0.25) is 0 Å². The van der Waals surface area contributed by atoms with Gasteiger partial charge in [-0.15, -0.1) is 0 Å². The molecule has 2 rings (SSSR count). The van der Waals surface area contributed by atoms with Crippen molar-refractivity contribution in [2.45, 2.75) is 38.6 Å². The van der Waals surface area contributed by atoms with Crippen LogP contribution < -0.4 is 5.73 Å². The highest BCUT2D eigenvalue weighted by Gasteiger charge is 2.22. The third-order valence-electron chi connectivity index (χ3n) is 3.05.